The highest BCUT2D eigenvalue weighted by atomic mass is 31.2. The fourth-order valence-electron chi connectivity index (χ4n) is 2.07. The third-order valence-electron chi connectivity index (χ3n) is 3.95. The van der Waals surface area contributed by atoms with Crippen LogP contribution in [0.2, 0.25) is 0 Å². The lowest BCUT2D eigenvalue weighted by atomic mass is 10.5. The first-order chi connectivity index (χ1) is 11.0. The molecule has 0 heterocycles. The highest BCUT2D eigenvalue weighted by Gasteiger charge is 2.30. The first-order valence-electron chi connectivity index (χ1n) is 8.79. The van der Waals surface area contributed by atoms with Crippen LogP contribution in [-0.4, -0.2) is 70.3 Å². The SMILES string of the molecule is CCOCCOCCC(=O)[O-].CCOCC[P+](CC)(CC)CC. The average molecular weight is 352 g/mol. The molecule has 6 heteroatoms. The molecule has 0 saturated heterocycles. The van der Waals surface area contributed by atoms with Crippen molar-refractivity contribution in [2.45, 2.75) is 41.0 Å². The number of hydrogen-bond donors (Lipinski definition) is 0. The quantitative estimate of drug-likeness (QED) is 0.354. The van der Waals surface area contributed by atoms with Crippen molar-refractivity contribution >= 4 is 13.2 Å². The fraction of sp³-hybridized carbons (Fsp3) is 0.941. The molecule has 0 saturated carbocycles. The molecular weight excluding hydrogens is 315 g/mol. The van der Waals surface area contributed by atoms with Crippen molar-refractivity contribution in [3.63, 3.8) is 0 Å². The Balaban J connectivity index is 0. The van der Waals surface area contributed by atoms with E-state index in [1.165, 1.54) is 24.6 Å². The number of rotatable bonds is 14. The van der Waals surface area contributed by atoms with Gasteiger partial charge in [0.2, 0.25) is 0 Å². The first kappa shape index (κ1) is 25.0. The van der Waals surface area contributed by atoms with Gasteiger partial charge in [-0.3, -0.25) is 0 Å². The smallest absolute Gasteiger partial charge is 0.0827 e. The molecule has 0 atom stereocenters. The fourth-order valence-corrected chi connectivity index (χ4v) is 4.87. The molecule has 0 amide bonds. The summed E-state index contributed by atoms with van der Waals surface area (Å²) in [5.74, 6) is -1.08. The number of carboxylic acid groups (broad SMARTS) is 1. The zero-order chi connectivity index (χ0) is 18.0. The van der Waals surface area contributed by atoms with Crippen molar-refractivity contribution < 1.29 is 24.1 Å². The zero-order valence-corrected chi connectivity index (χ0v) is 16.7. The van der Waals surface area contributed by atoms with E-state index < -0.39 is 13.2 Å². The number of carbonyl (C=O) groups excluding carboxylic acids is 1. The summed E-state index contributed by atoms with van der Waals surface area (Å²) >= 11 is 0. The molecule has 0 aromatic rings. The first-order valence-corrected chi connectivity index (χ1v) is 11.3. The Hall–Kier alpha value is -0.220. The van der Waals surface area contributed by atoms with Gasteiger partial charge in [-0.2, -0.15) is 0 Å². The Morgan fingerprint density at radius 3 is 1.70 bits per heavy atom. The number of ether oxygens (including phenoxy) is 3. The standard InChI is InChI=1S/C10H24OP.C7H14O4/c1-5-11-9-10-12(6-2,7-3)8-4;1-2-10-5-6-11-4-3-7(8)9/h5-10H2,1-4H3;2-6H2,1H3,(H,8,9)/q+1;/p-1. The largest absolute Gasteiger partial charge is 0.550 e. The normalized spacial score (nSPS) is 11.0. The Morgan fingerprint density at radius 1 is 0.783 bits per heavy atom. The van der Waals surface area contributed by atoms with Gasteiger partial charge in [0.1, 0.15) is 0 Å². The minimum Gasteiger partial charge on any atom is -0.550 e. The van der Waals surface area contributed by atoms with Crippen LogP contribution < -0.4 is 5.11 Å². The molecule has 0 aliphatic heterocycles. The molecular formula is C17H37O5P. The lowest BCUT2D eigenvalue weighted by Crippen LogP contribution is -2.23. The number of carboxylic acids is 1. The van der Waals surface area contributed by atoms with E-state index >= 15 is 0 Å². The van der Waals surface area contributed by atoms with Gasteiger partial charge in [0.15, 0.2) is 0 Å². The molecule has 0 fully saturated rings. The predicted molar refractivity (Wildman–Crippen MR) is 96.8 cm³/mol. The molecule has 0 aliphatic carbocycles. The third-order valence-corrected chi connectivity index (χ3v) is 9.11. The van der Waals surface area contributed by atoms with Crippen molar-refractivity contribution in [1.29, 1.82) is 0 Å². The Morgan fingerprint density at radius 2 is 1.26 bits per heavy atom. The summed E-state index contributed by atoms with van der Waals surface area (Å²) in [6.07, 6.45) is 5.48. The van der Waals surface area contributed by atoms with Crippen molar-refractivity contribution in [3.05, 3.63) is 0 Å². The molecule has 0 bridgehead atoms. The van der Waals surface area contributed by atoms with Crippen LogP contribution in [-0.2, 0) is 19.0 Å². The second kappa shape index (κ2) is 18.1. The highest BCUT2D eigenvalue weighted by molar-refractivity contribution is 7.75. The van der Waals surface area contributed by atoms with Gasteiger partial charge in [-0.05, 0) is 34.6 Å². The Bertz CT molecular complexity index is 249. The van der Waals surface area contributed by atoms with E-state index in [1.807, 2.05) is 6.92 Å². The number of carbonyl (C=O) groups is 1. The maximum Gasteiger partial charge on any atom is 0.0827 e. The molecule has 0 rings (SSSR count). The van der Waals surface area contributed by atoms with Gasteiger partial charge < -0.3 is 24.1 Å². The second-order valence-corrected chi connectivity index (χ2v) is 10.2. The van der Waals surface area contributed by atoms with E-state index in [-0.39, 0.29) is 13.0 Å². The van der Waals surface area contributed by atoms with E-state index in [4.69, 9.17) is 14.2 Å². The average Bonchev–Trinajstić information content (AvgIpc) is 2.56. The van der Waals surface area contributed by atoms with Gasteiger partial charge in [0.25, 0.3) is 0 Å². The van der Waals surface area contributed by atoms with E-state index in [0.29, 0.717) is 19.8 Å². The summed E-state index contributed by atoms with van der Waals surface area (Å²) in [5.41, 5.74) is 0. The van der Waals surface area contributed by atoms with Crippen LogP contribution in [0.4, 0.5) is 0 Å². The van der Waals surface area contributed by atoms with Crippen molar-refractivity contribution in [2.75, 3.05) is 64.3 Å². The van der Waals surface area contributed by atoms with Crippen molar-refractivity contribution in [1.82, 2.24) is 0 Å². The van der Waals surface area contributed by atoms with E-state index in [9.17, 15) is 9.90 Å². The van der Waals surface area contributed by atoms with E-state index in [1.54, 1.807) is 0 Å². The van der Waals surface area contributed by atoms with Gasteiger partial charge in [-0.1, -0.05) is 0 Å². The predicted octanol–water partition coefficient (Wildman–Crippen LogP) is 2.28. The van der Waals surface area contributed by atoms with E-state index in [2.05, 4.69) is 27.7 Å². The van der Waals surface area contributed by atoms with Crippen LogP contribution in [0, 0.1) is 0 Å². The maximum absolute atomic E-state index is 9.87. The molecule has 5 nitrogen and oxygen atoms in total. The van der Waals surface area contributed by atoms with Gasteiger partial charge >= 0.3 is 0 Å². The van der Waals surface area contributed by atoms with Crippen LogP contribution in [0.25, 0.3) is 0 Å². The molecule has 0 aliphatic rings. The monoisotopic (exact) mass is 352 g/mol. The minimum absolute atomic E-state index is 0.0495. The molecule has 0 aromatic carbocycles. The summed E-state index contributed by atoms with van der Waals surface area (Å²) in [5, 5.41) is 9.87. The molecule has 23 heavy (non-hydrogen) atoms. The summed E-state index contributed by atoms with van der Waals surface area (Å²) < 4.78 is 15.3. The number of aliphatic carboxylic acids is 1. The third kappa shape index (κ3) is 16.4. The molecule has 140 valence electrons. The lowest BCUT2D eigenvalue weighted by Gasteiger charge is -2.23. The van der Waals surface area contributed by atoms with Gasteiger partial charge in [0.05, 0.1) is 51.1 Å². The Kier molecular flexibility index (Phi) is 19.7. The highest BCUT2D eigenvalue weighted by Crippen LogP contribution is 2.57. The van der Waals surface area contributed by atoms with Crippen LogP contribution >= 0.6 is 7.26 Å². The summed E-state index contributed by atoms with van der Waals surface area (Å²) in [4.78, 5) is 9.87. The van der Waals surface area contributed by atoms with Crippen molar-refractivity contribution in [2.24, 2.45) is 0 Å². The Labute approximate surface area is 143 Å². The maximum atomic E-state index is 9.87. The minimum atomic E-state index is -1.08. The zero-order valence-electron chi connectivity index (χ0n) is 15.8. The van der Waals surface area contributed by atoms with Gasteiger partial charge in [0, 0.05) is 32.9 Å². The summed E-state index contributed by atoms with van der Waals surface area (Å²) in [6, 6.07) is 0. The summed E-state index contributed by atoms with van der Waals surface area (Å²) in [6.45, 7) is 14.7. The van der Waals surface area contributed by atoms with Crippen LogP contribution in [0.3, 0.4) is 0 Å². The molecule has 0 spiro atoms. The molecule has 0 aromatic heterocycles. The van der Waals surface area contributed by atoms with Crippen LogP contribution in [0.5, 0.6) is 0 Å². The van der Waals surface area contributed by atoms with Crippen molar-refractivity contribution in [3.8, 4) is 0 Å². The summed E-state index contributed by atoms with van der Waals surface area (Å²) in [7, 11) is -0.594. The van der Waals surface area contributed by atoms with E-state index in [0.717, 1.165) is 13.2 Å². The number of hydrogen-bond acceptors (Lipinski definition) is 5. The molecule has 0 N–H and O–H groups in total. The van der Waals surface area contributed by atoms with Crippen LogP contribution in [0.1, 0.15) is 41.0 Å². The second-order valence-electron chi connectivity index (χ2n) is 5.14. The molecule has 0 radical (unpaired) electrons. The molecule has 0 unspecified atom stereocenters. The van der Waals surface area contributed by atoms with Gasteiger partial charge in [-0.25, -0.2) is 0 Å². The topological polar surface area (TPSA) is 67.8 Å². The van der Waals surface area contributed by atoms with Crippen LogP contribution in [0.15, 0.2) is 0 Å². The van der Waals surface area contributed by atoms with Gasteiger partial charge in [-0.15, -0.1) is 0 Å². The lowest BCUT2D eigenvalue weighted by molar-refractivity contribution is -0.306.